The molecule has 0 bridgehead atoms. The van der Waals surface area contributed by atoms with Gasteiger partial charge in [-0.2, -0.15) is 0 Å². The maximum absolute atomic E-state index is 12.2. The van der Waals surface area contributed by atoms with Crippen molar-refractivity contribution < 1.29 is 18.8 Å². The lowest BCUT2D eigenvalue weighted by molar-refractivity contribution is -0.131. The van der Waals surface area contributed by atoms with Gasteiger partial charge in [-0.05, 0) is 30.2 Å². The summed E-state index contributed by atoms with van der Waals surface area (Å²) in [7, 11) is 0. The highest BCUT2D eigenvalue weighted by atomic mass is 35.5. The zero-order chi connectivity index (χ0) is 19.2. The van der Waals surface area contributed by atoms with Crippen LogP contribution in [0.1, 0.15) is 24.2 Å². The molecule has 0 radical (unpaired) electrons. The van der Waals surface area contributed by atoms with Gasteiger partial charge in [-0.25, -0.2) is 0 Å². The van der Waals surface area contributed by atoms with E-state index in [1.54, 1.807) is 23.1 Å². The Bertz CT molecular complexity index is 822. The summed E-state index contributed by atoms with van der Waals surface area (Å²) < 4.78 is 5.23. The second-order valence-electron chi connectivity index (χ2n) is 6.38. The predicted molar refractivity (Wildman–Crippen MR) is 98.3 cm³/mol. The van der Waals surface area contributed by atoms with E-state index in [4.69, 9.17) is 16.0 Å². The van der Waals surface area contributed by atoms with Crippen LogP contribution in [-0.4, -0.2) is 29.2 Å². The van der Waals surface area contributed by atoms with Crippen LogP contribution in [0.2, 0.25) is 5.02 Å². The molecule has 3 rings (SSSR count). The number of furan rings is 1. The van der Waals surface area contributed by atoms with Gasteiger partial charge in [0.2, 0.25) is 17.7 Å². The van der Waals surface area contributed by atoms with E-state index in [1.165, 1.54) is 6.26 Å². The lowest BCUT2D eigenvalue weighted by atomic mass is 10.1. The molecule has 2 aromatic rings. The second kappa shape index (κ2) is 8.73. The molecular weight excluding hydrogens is 370 g/mol. The number of aryl methyl sites for hydroxylation is 1. The average Bonchev–Trinajstić information content (AvgIpc) is 3.29. The van der Waals surface area contributed by atoms with Gasteiger partial charge in [-0.1, -0.05) is 29.8 Å². The molecule has 7 nitrogen and oxygen atoms in total. The summed E-state index contributed by atoms with van der Waals surface area (Å²) in [4.78, 5) is 37.8. The molecule has 1 saturated heterocycles. The van der Waals surface area contributed by atoms with Crippen molar-refractivity contribution in [3.05, 3.63) is 59.0 Å². The van der Waals surface area contributed by atoms with Gasteiger partial charge < -0.3 is 9.32 Å². The van der Waals surface area contributed by atoms with Gasteiger partial charge in [0.1, 0.15) is 5.76 Å². The number of amides is 3. The molecule has 1 aliphatic heterocycles. The number of hydrazine groups is 1. The van der Waals surface area contributed by atoms with E-state index in [0.29, 0.717) is 30.3 Å². The zero-order valence-electron chi connectivity index (χ0n) is 14.6. The highest BCUT2D eigenvalue weighted by Gasteiger charge is 2.34. The van der Waals surface area contributed by atoms with E-state index in [9.17, 15) is 14.4 Å². The average molecular weight is 390 g/mol. The molecule has 0 aliphatic carbocycles. The molecular formula is C19H20ClN3O4. The lowest BCUT2D eigenvalue weighted by Crippen LogP contribution is -2.45. The van der Waals surface area contributed by atoms with Crippen LogP contribution in [0.3, 0.4) is 0 Å². The van der Waals surface area contributed by atoms with Crippen LogP contribution in [0.15, 0.2) is 47.1 Å². The summed E-state index contributed by atoms with van der Waals surface area (Å²) in [6.45, 7) is 0.626. The van der Waals surface area contributed by atoms with Crippen molar-refractivity contribution in [2.75, 3.05) is 6.54 Å². The lowest BCUT2D eigenvalue weighted by Gasteiger charge is -2.15. The number of hydrogen-bond donors (Lipinski definition) is 2. The van der Waals surface area contributed by atoms with E-state index in [2.05, 4.69) is 10.9 Å². The number of benzene rings is 1. The molecule has 27 heavy (non-hydrogen) atoms. The van der Waals surface area contributed by atoms with Crippen LogP contribution in [0.25, 0.3) is 0 Å². The monoisotopic (exact) mass is 389 g/mol. The molecule has 1 unspecified atom stereocenters. The van der Waals surface area contributed by atoms with E-state index in [1.807, 2.05) is 18.2 Å². The van der Waals surface area contributed by atoms with Crippen molar-refractivity contribution in [2.24, 2.45) is 5.92 Å². The Kier molecular flexibility index (Phi) is 6.13. The highest BCUT2D eigenvalue weighted by molar-refractivity contribution is 6.31. The van der Waals surface area contributed by atoms with Gasteiger partial charge in [0.15, 0.2) is 0 Å². The predicted octanol–water partition coefficient (Wildman–Crippen LogP) is 2.06. The van der Waals surface area contributed by atoms with E-state index < -0.39 is 5.92 Å². The maximum Gasteiger partial charge on any atom is 0.243 e. The van der Waals surface area contributed by atoms with Crippen molar-refractivity contribution in [3.63, 3.8) is 0 Å². The first-order chi connectivity index (χ1) is 13.0. The van der Waals surface area contributed by atoms with Gasteiger partial charge in [0.05, 0.1) is 18.7 Å². The van der Waals surface area contributed by atoms with Crippen molar-refractivity contribution in [1.29, 1.82) is 0 Å². The van der Waals surface area contributed by atoms with Gasteiger partial charge in [0, 0.05) is 24.4 Å². The summed E-state index contributed by atoms with van der Waals surface area (Å²) in [5.41, 5.74) is 5.67. The fourth-order valence-corrected chi connectivity index (χ4v) is 3.17. The first kappa shape index (κ1) is 19.0. The molecule has 8 heteroatoms. The Morgan fingerprint density at radius 1 is 1.19 bits per heavy atom. The van der Waals surface area contributed by atoms with Crippen LogP contribution in [0.4, 0.5) is 0 Å². The van der Waals surface area contributed by atoms with Crippen LogP contribution in [-0.2, 0) is 27.3 Å². The molecule has 2 N–H and O–H groups in total. The summed E-state index contributed by atoms with van der Waals surface area (Å²) in [5.74, 6) is -0.651. The third kappa shape index (κ3) is 5.10. The Labute approximate surface area is 161 Å². The smallest absolute Gasteiger partial charge is 0.243 e. The SMILES string of the molecule is O=C(CCc1ccccc1Cl)NNC(=O)C1CC(=O)N(Cc2ccco2)C1. The maximum atomic E-state index is 12.2. The Morgan fingerprint density at radius 3 is 2.74 bits per heavy atom. The number of carbonyl (C=O) groups excluding carboxylic acids is 3. The standard InChI is InChI=1S/C19H20ClN3O4/c20-16-6-2-1-4-13(16)7-8-17(24)21-22-19(26)14-10-18(25)23(11-14)12-15-5-3-9-27-15/h1-6,9,14H,7-8,10-12H2,(H,21,24)(H,22,26). The van der Waals surface area contributed by atoms with Crippen LogP contribution in [0, 0.1) is 5.92 Å². The van der Waals surface area contributed by atoms with E-state index in [-0.39, 0.29) is 30.6 Å². The van der Waals surface area contributed by atoms with Gasteiger partial charge in [-0.15, -0.1) is 0 Å². The first-order valence-electron chi connectivity index (χ1n) is 8.65. The number of carbonyl (C=O) groups is 3. The number of likely N-dealkylation sites (tertiary alicyclic amines) is 1. The number of hydrogen-bond acceptors (Lipinski definition) is 4. The first-order valence-corrected chi connectivity index (χ1v) is 9.03. The molecule has 1 aromatic carbocycles. The molecule has 3 amide bonds. The normalized spacial score (nSPS) is 16.4. The van der Waals surface area contributed by atoms with Crippen LogP contribution in [0.5, 0.6) is 0 Å². The van der Waals surface area contributed by atoms with E-state index >= 15 is 0 Å². The Morgan fingerprint density at radius 2 is 2.00 bits per heavy atom. The largest absolute Gasteiger partial charge is 0.467 e. The number of halogens is 1. The fourth-order valence-electron chi connectivity index (χ4n) is 2.94. The van der Waals surface area contributed by atoms with Crippen molar-refractivity contribution in [3.8, 4) is 0 Å². The fraction of sp³-hybridized carbons (Fsp3) is 0.316. The van der Waals surface area contributed by atoms with Crippen molar-refractivity contribution in [2.45, 2.75) is 25.8 Å². The van der Waals surface area contributed by atoms with E-state index in [0.717, 1.165) is 5.56 Å². The quantitative estimate of drug-likeness (QED) is 0.740. The van der Waals surface area contributed by atoms with Gasteiger partial charge in [-0.3, -0.25) is 25.2 Å². The number of nitrogens with one attached hydrogen (secondary N) is 2. The molecule has 1 atom stereocenters. The third-order valence-electron chi connectivity index (χ3n) is 4.42. The molecule has 0 saturated carbocycles. The van der Waals surface area contributed by atoms with Crippen LogP contribution >= 0.6 is 11.6 Å². The number of rotatable bonds is 6. The summed E-state index contributed by atoms with van der Waals surface area (Å²) in [6, 6.07) is 10.8. The Hall–Kier alpha value is -2.80. The minimum absolute atomic E-state index is 0.113. The highest BCUT2D eigenvalue weighted by Crippen LogP contribution is 2.20. The second-order valence-corrected chi connectivity index (χ2v) is 6.79. The van der Waals surface area contributed by atoms with Crippen LogP contribution < -0.4 is 10.9 Å². The minimum Gasteiger partial charge on any atom is -0.467 e. The van der Waals surface area contributed by atoms with Gasteiger partial charge in [0.25, 0.3) is 0 Å². The summed E-state index contributed by atoms with van der Waals surface area (Å²) >= 11 is 6.05. The molecule has 1 aromatic heterocycles. The molecule has 1 aliphatic rings. The third-order valence-corrected chi connectivity index (χ3v) is 4.79. The molecule has 142 valence electrons. The Balaban J connectivity index is 1.42. The molecule has 1 fully saturated rings. The zero-order valence-corrected chi connectivity index (χ0v) is 15.4. The molecule has 0 spiro atoms. The van der Waals surface area contributed by atoms with Gasteiger partial charge >= 0.3 is 0 Å². The topological polar surface area (TPSA) is 91.7 Å². The van der Waals surface area contributed by atoms with Crippen molar-refractivity contribution in [1.82, 2.24) is 15.8 Å². The summed E-state index contributed by atoms with van der Waals surface area (Å²) in [5, 5.41) is 0.607. The number of nitrogens with zero attached hydrogens (tertiary/aromatic N) is 1. The summed E-state index contributed by atoms with van der Waals surface area (Å²) in [6.07, 6.45) is 2.32. The molecule has 2 heterocycles. The minimum atomic E-state index is -0.503. The van der Waals surface area contributed by atoms with Crippen molar-refractivity contribution >= 4 is 29.3 Å².